The molecule has 0 bridgehead atoms. The van der Waals surface area contributed by atoms with E-state index in [1.807, 2.05) is 23.3 Å². The highest BCUT2D eigenvalue weighted by Gasteiger charge is 2.25. The molecule has 0 atom stereocenters. The van der Waals surface area contributed by atoms with Gasteiger partial charge in [-0.05, 0) is 24.5 Å². The molecule has 1 fully saturated rings. The lowest BCUT2D eigenvalue weighted by Crippen LogP contribution is -2.29. The fourth-order valence-electron chi connectivity index (χ4n) is 3.31. The van der Waals surface area contributed by atoms with E-state index in [1.54, 1.807) is 7.11 Å². The molecule has 0 amide bonds. The molecule has 0 aliphatic carbocycles. The number of rotatable bonds is 6. The predicted molar refractivity (Wildman–Crippen MR) is 95.1 cm³/mol. The molecule has 0 spiro atoms. The van der Waals surface area contributed by atoms with Crippen LogP contribution in [0.15, 0.2) is 29.6 Å². The Kier molecular flexibility index (Phi) is 4.76. The number of nitrogens with zero attached hydrogens (tertiary/aromatic N) is 4. The second-order valence-electron chi connectivity index (χ2n) is 6.37. The Labute approximate surface area is 147 Å². The number of hydrogen-bond acceptors (Lipinski definition) is 6. The minimum absolute atomic E-state index is 0.402. The Bertz CT molecular complexity index is 765. The van der Waals surface area contributed by atoms with E-state index in [1.165, 1.54) is 5.56 Å². The quantitative estimate of drug-likeness (QED) is 0.868. The van der Waals surface area contributed by atoms with Crippen LogP contribution < -0.4 is 5.32 Å². The van der Waals surface area contributed by atoms with Crippen LogP contribution in [0.25, 0.3) is 0 Å². The zero-order valence-electron chi connectivity index (χ0n) is 14.4. The fourth-order valence-corrected chi connectivity index (χ4v) is 3.31. The van der Waals surface area contributed by atoms with Crippen molar-refractivity contribution in [2.75, 3.05) is 32.2 Å². The summed E-state index contributed by atoms with van der Waals surface area (Å²) in [6.45, 7) is 3.68. The number of methoxy groups -OCH3 is 1. The summed E-state index contributed by atoms with van der Waals surface area (Å²) in [6.07, 6.45) is 7.77. The van der Waals surface area contributed by atoms with Gasteiger partial charge in [-0.2, -0.15) is 5.10 Å². The number of aliphatic imine (C=N–C) groups is 1. The summed E-state index contributed by atoms with van der Waals surface area (Å²) in [6, 6.07) is 2.45. The molecule has 2 aliphatic rings. The molecule has 7 heteroatoms. The van der Waals surface area contributed by atoms with Crippen LogP contribution in [0.5, 0.6) is 0 Å². The molecule has 0 unspecified atom stereocenters. The largest absolute Gasteiger partial charge is 0.383 e. The van der Waals surface area contributed by atoms with Gasteiger partial charge in [0.15, 0.2) is 0 Å². The Balaban J connectivity index is 1.58. The third-order valence-corrected chi connectivity index (χ3v) is 4.67. The third kappa shape index (κ3) is 3.43. The van der Waals surface area contributed by atoms with Crippen molar-refractivity contribution < 1.29 is 9.47 Å². The van der Waals surface area contributed by atoms with E-state index in [9.17, 15) is 0 Å². The average Bonchev–Trinajstić information content (AvgIpc) is 3.28. The van der Waals surface area contributed by atoms with Gasteiger partial charge in [-0.3, -0.25) is 9.67 Å². The van der Waals surface area contributed by atoms with Crippen LogP contribution in [0.1, 0.15) is 29.5 Å². The molecule has 7 nitrogen and oxygen atoms in total. The van der Waals surface area contributed by atoms with Gasteiger partial charge in [0, 0.05) is 49.9 Å². The summed E-state index contributed by atoms with van der Waals surface area (Å²) in [7, 11) is 1.70. The fraction of sp³-hybridized carbons (Fsp3) is 0.500. The lowest BCUT2D eigenvalue weighted by molar-refractivity contribution is 0.0904. The SMILES string of the molecule is COCCn1cc(C2=NCc3ccnc(NC4CCOCC4)c32)cn1. The van der Waals surface area contributed by atoms with Crippen molar-refractivity contribution in [3.63, 3.8) is 0 Å². The molecule has 2 aliphatic heterocycles. The van der Waals surface area contributed by atoms with Crippen molar-refractivity contribution in [2.45, 2.75) is 32.0 Å². The number of hydrogen-bond donors (Lipinski definition) is 1. The van der Waals surface area contributed by atoms with Crippen molar-refractivity contribution in [2.24, 2.45) is 4.99 Å². The molecule has 25 heavy (non-hydrogen) atoms. The van der Waals surface area contributed by atoms with Crippen molar-refractivity contribution in [1.29, 1.82) is 0 Å². The van der Waals surface area contributed by atoms with Crippen LogP contribution in [0.2, 0.25) is 0 Å². The van der Waals surface area contributed by atoms with E-state index in [-0.39, 0.29) is 0 Å². The Morgan fingerprint density at radius 3 is 3.08 bits per heavy atom. The first-order valence-electron chi connectivity index (χ1n) is 8.74. The number of aromatic nitrogens is 3. The molecule has 0 radical (unpaired) electrons. The summed E-state index contributed by atoms with van der Waals surface area (Å²) in [5, 5.41) is 8.02. The highest BCUT2D eigenvalue weighted by atomic mass is 16.5. The predicted octanol–water partition coefficient (Wildman–Crippen LogP) is 1.87. The normalized spacial score (nSPS) is 17.4. The van der Waals surface area contributed by atoms with E-state index in [4.69, 9.17) is 14.5 Å². The highest BCUT2D eigenvalue weighted by molar-refractivity contribution is 6.17. The summed E-state index contributed by atoms with van der Waals surface area (Å²) >= 11 is 0. The van der Waals surface area contributed by atoms with Crippen molar-refractivity contribution in [3.8, 4) is 0 Å². The maximum atomic E-state index is 5.45. The second-order valence-corrected chi connectivity index (χ2v) is 6.37. The van der Waals surface area contributed by atoms with Gasteiger partial charge in [-0.15, -0.1) is 0 Å². The maximum absolute atomic E-state index is 5.45. The van der Waals surface area contributed by atoms with Gasteiger partial charge < -0.3 is 14.8 Å². The Morgan fingerprint density at radius 1 is 1.36 bits per heavy atom. The van der Waals surface area contributed by atoms with Gasteiger partial charge in [0.1, 0.15) is 5.82 Å². The lowest BCUT2D eigenvalue weighted by atomic mass is 10.0. The molecule has 1 N–H and O–H groups in total. The summed E-state index contributed by atoms with van der Waals surface area (Å²) in [5.41, 5.74) is 4.32. The minimum atomic E-state index is 0.402. The van der Waals surface area contributed by atoms with Gasteiger partial charge >= 0.3 is 0 Å². The highest BCUT2D eigenvalue weighted by Crippen LogP contribution is 2.29. The Morgan fingerprint density at radius 2 is 2.24 bits per heavy atom. The standard InChI is InChI=1S/C18H23N5O2/c1-24-9-6-23-12-14(11-21-23)17-16-13(10-20-17)2-5-19-18(16)22-15-3-7-25-8-4-15/h2,5,11-12,15H,3-4,6-10H2,1H3,(H,19,22). The zero-order chi connectivity index (χ0) is 17.1. The number of fused-ring (bicyclic) bond motifs is 1. The summed E-state index contributed by atoms with van der Waals surface area (Å²) in [4.78, 5) is 9.35. The van der Waals surface area contributed by atoms with Crippen molar-refractivity contribution in [1.82, 2.24) is 14.8 Å². The maximum Gasteiger partial charge on any atom is 0.135 e. The van der Waals surface area contributed by atoms with Crippen molar-refractivity contribution in [3.05, 3.63) is 41.3 Å². The van der Waals surface area contributed by atoms with Gasteiger partial charge in [-0.25, -0.2) is 4.98 Å². The summed E-state index contributed by atoms with van der Waals surface area (Å²) < 4.78 is 12.5. The Hall–Kier alpha value is -2.25. The molecular weight excluding hydrogens is 318 g/mol. The molecule has 2 aromatic rings. The van der Waals surface area contributed by atoms with Crippen LogP contribution >= 0.6 is 0 Å². The van der Waals surface area contributed by atoms with Crippen LogP contribution in [-0.4, -0.2) is 53.4 Å². The molecular formula is C18H23N5O2. The van der Waals surface area contributed by atoms with Gasteiger partial charge in [0.25, 0.3) is 0 Å². The number of nitrogens with one attached hydrogen (secondary N) is 1. The average molecular weight is 341 g/mol. The van der Waals surface area contributed by atoms with E-state index in [2.05, 4.69) is 21.5 Å². The van der Waals surface area contributed by atoms with Crippen LogP contribution in [0.3, 0.4) is 0 Å². The van der Waals surface area contributed by atoms with Gasteiger partial charge in [-0.1, -0.05) is 0 Å². The monoisotopic (exact) mass is 341 g/mol. The van der Waals surface area contributed by atoms with Crippen molar-refractivity contribution >= 4 is 11.5 Å². The molecule has 1 saturated heterocycles. The van der Waals surface area contributed by atoms with E-state index < -0.39 is 0 Å². The molecule has 2 aromatic heterocycles. The second kappa shape index (κ2) is 7.33. The smallest absolute Gasteiger partial charge is 0.135 e. The molecule has 4 rings (SSSR count). The number of pyridine rings is 1. The van der Waals surface area contributed by atoms with Gasteiger partial charge in [0.05, 0.1) is 31.6 Å². The number of ether oxygens (including phenoxy) is 2. The summed E-state index contributed by atoms with van der Waals surface area (Å²) in [5.74, 6) is 0.922. The van der Waals surface area contributed by atoms with E-state index >= 15 is 0 Å². The topological polar surface area (TPSA) is 73.6 Å². The first-order chi connectivity index (χ1) is 12.3. The number of anilines is 1. The van der Waals surface area contributed by atoms with Crippen LogP contribution in [-0.2, 0) is 22.6 Å². The van der Waals surface area contributed by atoms with Crippen LogP contribution in [0.4, 0.5) is 5.82 Å². The molecule has 4 heterocycles. The van der Waals surface area contributed by atoms with Gasteiger partial charge in [0.2, 0.25) is 0 Å². The molecule has 0 saturated carbocycles. The van der Waals surface area contributed by atoms with E-state index in [0.717, 1.165) is 55.3 Å². The third-order valence-electron chi connectivity index (χ3n) is 4.67. The minimum Gasteiger partial charge on any atom is -0.383 e. The molecule has 132 valence electrons. The molecule has 0 aromatic carbocycles. The van der Waals surface area contributed by atoms with Crippen LogP contribution in [0, 0.1) is 0 Å². The lowest BCUT2D eigenvalue weighted by Gasteiger charge is -2.24. The zero-order valence-corrected chi connectivity index (χ0v) is 14.4. The first kappa shape index (κ1) is 16.2. The first-order valence-corrected chi connectivity index (χ1v) is 8.74. The van der Waals surface area contributed by atoms with E-state index in [0.29, 0.717) is 19.2 Å².